The smallest absolute Gasteiger partial charge is 1.00 e. The molecule has 0 aliphatic carbocycles. The van der Waals surface area contributed by atoms with E-state index in [-0.39, 0.29) is 40.0 Å². The zero-order chi connectivity index (χ0) is 4.12. The summed E-state index contributed by atoms with van der Waals surface area (Å²) in [6, 6.07) is 0. The van der Waals surface area contributed by atoms with E-state index in [4.69, 9.17) is 6.42 Å². The molecule has 0 aromatic heterocycles. The molecule has 2 heteroatoms. The van der Waals surface area contributed by atoms with Crippen LogP contribution in [0, 0.1) is 12.3 Å². The third-order valence-corrected chi connectivity index (χ3v) is 0.375. The average Bonchev–Trinajstić information content (AvgIpc) is 1.41. The Balaban J connectivity index is -0.0000000800. The van der Waals surface area contributed by atoms with Crippen molar-refractivity contribution in [3.63, 3.8) is 0 Å². The van der Waals surface area contributed by atoms with Crippen LogP contribution in [-0.2, 0) is 0 Å². The number of hydrogen-bond donors (Lipinski definition) is 0. The van der Waals surface area contributed by atoms with Crippen molar-refractivity contribution in [2.75, 3.05) is 0 Å². The third kappa shape index (κ3) is 20.0. The monoisotopic (exact) mass is 170 g/mol. The summed E-state index contributed by atoms with van der Waals surface area (Å²) in [5.41, 5.74) is 0. The summed E-state index contributed by atoms with van der Waals surface area (Å²) in [6.07, 6.45) is 8.20. The van der Waals surface area contributed by atoms with Crippen molar-refractivity contribution in [1.29, 1.82) is 0 Å². The number of halogens is 1. The molecule has 0 aliphatic heterocycles. The molecular formula is C5H7BrMg. The van der Waals surface area contributed by atoms with Crippen LogP contribution in [0.3, 0.4) is 0 Å². The molecule has 0 aromatic rings. The maximum atomic E-state index is 6.35. The Bertz CT molecular complexity index is 46.5. The molecule has 0 aromatic carbocycles. The molecule has 0 nitrogen and oxygen atoms in total. The zero-order valence-electron chi connectivity index (χ0n) is 4.50. The van der Waals surface area contributed by atoms with Gasteiger partial charge in [0.25, 0.3) is 0 Å². The minimum Gasteiger partial charge on any atom is -1.00 e. The van der Waals surface area contributed by atoms with Gasteiger partial charge in [0.05, 0.1) is 0 Å². The topological polar surface area (TPSA) is 0 Å². The van der Waals surface area contributed by atoms with Crippen molar-refractivity contribution in [3.05, 3.63) is 6.42 Å². The molecule has 0 fully saturated rings. The Morgan fingerprint density at radius 2 is 2.00 bits per heavy atom. The maximum absolute atomic E-state index is 6.35. The summed E-state index contributed by atoms with van der Waals surface area (Å²) >= 11 is 0. The maximum Gasteiger partial charge on any atom is 2.00 e. The standard InChI is InChI=1S/C5H7.BrH.Mg/c1-3-5-4-2;;/h3,5H2,1H3;1H;/q-1;;+2/p-1. The van der Waals surface area contributed by atoms with E-state index in [9.17, 15) is 0 Å². The van der Waals surface area contributed by atoms with Gasteiger partial charge in [-0.25, -0.2) is 0 Å². The first-order valence-corrected chi connectivity index (χ1v) is 1.81. The fourth-order valence-corrected chi connectivity index (χ4v) is 0.125. The molecule has 0 amide bonds. The first-order valence-electron chi connectivity index (χ1n) is 1.81. The van der Waals surface area contributed by atoms with Crippen LogP contribution < -0.4 is 17.0 Å². The van der Waals surface area contributed by atoms with E-state index in [1.165, 1.54) is 0 Å². The normalized spacial score (nSPS) is 4.57. The van der Waals surface area contributed by atoms with E-state index in [0.29, 0.717) is 0 Å². The summed E-state index contributed by atoms with van der Waals surface area (Å²) in [4.78, 5) is 0. The van der Waals surface area contributed by atoms with E-state index < -0.39 is 0 Å². The predicted octanol–water partition coefficient (Wildman–Crippen LogP) is -2.00. The molecule has 0 saturated heterocycles. The molecule has 0 unspecified atom stereocenters. The summed E-state index contributed by atoms with van der Waals surface area (Å²) < 4.78 is 0. The number of hydrogen-bond acceptors (Lipinski definition) is 0. The minimum absolute atomic E-state index is 0. The van der Waals surface area contributed by atoms with Crippen molar-refractivity contribution >= 4 is 23.1 Å². The van der Waals surface area contributed by atoms with Crippen LogP contribution in [0.1, 0.15) is 19.8 Å². The summed E-state index contributed by atoms with van der Waals surface area (Å²) in [6.45, 7) is 2.03. The van der Waals surface area contributed by atoms with E-state index >= 15 is 0 Å². The summed E-state index contributed by atoms with van der Waals surface area (Å²) in [5.74, 6) is 2.27. The van der Waals surface area contributed by atoms with Crippen LogP contribution in [0.25, 0.3) is 0 Å². The number of rotatable bonds is 1. The van der Waals surface area contributed by atoms with Gasteiger partial charge in [-0.05, 0) is 12.8 Å². The largest absolute Gasteiger partial charge is 2.00 e. The Morgan fingerprint density at radius 3 is 2.00 bits per heavy atom. The van der Waals surface area contributed by atoms with E-state index in [0.717, 1.165) is 12.8 Å². The molecular weight excluding hydrogens is 164 g/mol. The van der Waals surface area contributed by atoms with Gasteiger partial charge < -0.3 is 29.3 Å². The molecule has 7 heavy (non-hydrogen) atoms. The minimum atomic E-state index is 0. The third-order valence-electron chi connectivity index (χ3n) is 0.375. The fourth-order valence-electron chi connectivity index (χ4n) is 0.125. The molecule has 0 radical (unpaired) electrons. The molecule has 0 atom stereocenters. The molecule has 0 rings (SSSR count). The molecule has 36 valence electrons. The van der Waals surface area contributed by atoms with Gasteiger partial charge in [-0.15, -0.1) is 0 Å². The Morgan fingerprint density at radius 1 is 1.57 bits per heavy atom. The number of unbranched alkanes of at least 4 members (excludes halogenated alkanes) is 1. The molecule has 0 aliphatic rings. The van der Waals surface area contributed by atoms with Gasteiger partial charge >= 0.3 is 23.1 Å². The van der Waals surface area contributed by atoms with Crippen molar-refractivity contribution in [1.82, 2.24) is 0 Å². The molecule has 0 N–H and O–H groups in total. The second kappa shape index (κ2) is 15.8. The van der Waals surface area contributed by atoms with Crippen LogP contribution in [0.15, 0.2) is 0 Å². The Labute approximate surface area is 72.0 Å². The van der Waals surface area contributed by atoms with E-state index in [1.54, 1.807) is 0 Å². The van der Waals surface area contributed by atoms with Gasteiger partial charge in [-0.1, -0.05) is 6.92 Å². The predicted molar refractivity (Wildman–Crippen MR) is 27.8 cm³/mol. The fraction of sp³-hybridized carbons (Fsp3) is 0.600. The van der Waals surface area contributed by atoms with Crippen molar-refractivity contribution in [2.24, 2.45) is 0 Å². The van der Waals surface area contributed by atoms with Gasteiger partial charge in [-0.2, -0.15) is 0 Å². The molecule has 0 heterocycles. The Hall–Kier alpha value is 0.806. The van der Waals surface area contributed by atoms with Crippen molar-refractivity contribution in [3.8, 4) is 5.92 Å². The van der Waals surface area contributed by atoms with Gasteiger partial charge in [0.2, 0.25) is 0 Å². The summed E-state index contributed by atoms with van der Waals surface area (Å²) in [5, 5.41) is 0. The SMILES string of the molecule is [Br-].[C-]#CCCC.[Mg+2]. The summed E-state index contributed by atoms with van der Waals surface area (Å²) in [7, 11) is 0. The Kier molecular flexibility index (Phi) is 35.4. The van der Waals surface area contributed by atoms with Crippen molar-refractivity contribution < 1.29 is 17.0 Å². The quantitative estimate of drug-likeness (QED) is 0.243. The second-order valence-corrected chi connectivity index (χ2v) is 0.927. The van der Waals surface area contributed by atoms with Gasteiger partial charge in [-0.3, -0.25) is 0 Å². The first kappa shape index (κ1) is 15.7. The molecule has 0 bridgehead atoms. The zero-order valence-corrected chi connectivity index (χ0v) is 7.50. The second-order valence-electron chi connectivity index (χ2n) is 0.927. The average molecular weight is 171 g/mol. The van der Waals surface area contributed by atoms with Gasteiger partial charge in [0.15, 0.2) is 0 Å². The van der Waals surface area contributed by atoms with Crippen molar-refractivity contribution in [2.45, 2.75) is 19.8 Å². The van der Waals surface area contributed by atoms with Gasteiger partial charge in [0.1, 0.15) is 0 Å². The van der Waals surface area contributed by atoms with Gasteiger partial charge in [0, 0.05) is 0 Å². The van der Waals surface area contributed by atoms with E-state index in [1.807, 2.05) is 6.92 Å². The van der Waals surface area contributed by atoms with Crippen LogP contribution in [0.4, 0.5) is 0 Å². The van der Waals surface area contributed by atoms with Crippen LogP contribution in [0.5, 0.6) is 0 Å². The van der Waals surface area contributed by atoms with Crippen LogP contribution >= 0.6 is 0 Å². The van der Waals surface area contributed by atoms with E-state index in [2.05, 4.69) is 5.92 Å². The molecule has 0 spiro atoms. The first-order chi connectivity index (χ1) is 2.41. The van der Waals surface area contributed by atoms with Crippen LogP contribution in [0.2, 0.25) is 0 Å². The van der Waals surface area contributed by atoms with Crippen LogP contribution in [-0.4, -0.2) is 23.1 Å². The molecule has 0 saturated carbocycles.